The van der Waals surface area contributed by atoms with Crippen LogP contribution in [-0.2, 0) is 5.54 Å². The molecule has 1 aromatic heterocycles. The Morgan fingerprint density at radius 1 is 1.10 bits per heavy atom. The highest BCUT2D eigenvalue weighted by atomic mass is 35.5. The van der Waals surface area contributed by atoms with Crippen LogP contribution in [0.25, 0.3) is 22.4 Å². The number of hydrogen-bond donors (Lipinski definition) is 1. The van der Waals surface area contributed by atoms with E-state index >= 15 is 0 Å². The molecule has 0 unspecified atom stereocenters. The summed E-state index contributed by atoms with van der Waals surface area (Å²) < 4.78 is 2.22. The maximum absolute atomic E-state index is 6.38. The molecule has 0 atom stereocenters. The number of aromatic nitrogens is 2. The molecule has 0 aliphatic heterocycles. The van der Waals surface area contributed by atoms with E-state index in [9.17, 15) is 0 Å². The van der Waals surface area contributed by atoms with Gasteiger partial charge in [0, 0.05) is 16.8 Å². The first-order chi connectivity index (χ1) is 9.88. The summed E-state index contributed by atoms with van der Waals surface area (Å²) in [4.78, 5) is 4.78. The van der Waals surface area contributed by atoms with Crippen molar-refractivity contribution in [2.24, 2.45) is 0 Å². The molecule has 2 aromatic carbocycles. The van der Waals surface area contributed by atoms with Gasteiger partial charge in [-0.1, -0.05) is 23.7 Å². The van der Waals surface area contributed by atoms with E-state index in [1.807, 2.05) is 30.3 Å². The number of nitrogen functional groups attached to an aromatic ring is 1. The Labute approximate surface area is 129 Å². The van der Waals surface area contributed by atoms with Crippen LogP contribution in [-0.4, -0.2) is 9.55 Å². The molecule has 3 aromatic rings. The van der Waals surface area contributed by atoms with Gasteiger partial charge in [0.1, 0.15) is 5.82 Å². The average molecular weight is 300 g/mol. The van der Waals surface area contributed by atoms with Crippen molar-refractivity contribution >= 4 is 28.3 Å². The van der Waals surface area contributed by atoms with Gasteiger partial charge >= 0.3 is 0 Å². The van der Waals surface area contributed by atoms with Crippen LogP contribution < -0.4 is 5.73 Å². The van der Waals surface area contributed by atoms with Gasteiger partial charge in [0.2, 0.25) is 0 Å². The average Bonchev–Trinajstić information content (AvgIpc) is 2.77. The summed E-state index contributed by atoms with van der Waals surface area (Å²) in [7, 11) is 0. The fourth-order valence-corrected chi connectivity index (χ4v) is 2.87. The largest absolute Gasteiger partial charge is 0.399 e. The van der Waals surface area contributed by atoms with Crippen LogP contribution in [0.2, 0.25) is 5.02 Å². The number of nitrogens with two attached hydrogens (primary N) is 1. The Balaban J connectivity index is 2.37. The minimum absolute atomic E-state index is 0.101. The van der Waals surface area contributed by atoms with E-state index in [-0.39, 0.29) is 5.54 Å². The van der Waals surface area contributed by atoms with Gasteiger partial charge in [-0.25, -0.2) is 4.98 Å². The van der Waals surface area contributed by atoms with Crippen LogP contribution >= 0.6 is 11.6 Å². The van der Waals surface area contributed by atoms with Gasteiger partial charge in [-0.15, -0.1) is 0 Å². The Kier molecular flexibility index (Phi) is 3.18. The smallest absolute Gasteiger partial charge is 0.143 e. The van der Waals surface area contributed by atoms with E-state index in [0.717, 1.165) is 22.4 Å². The normalized spacial score (nSPS) is 12.0. The number of hydrogen-bond acceptors (Lipinski definition) is 2. The van der Waals surface area contributed by atoms with Crippen LogP contribution in [0, 0.1) is 0 Å². The van der Waals surface area contributed by atoms with Gasteiger partial charge in [-0.3, -0.25) is 0 Å². The van der Waals surface area contributed by atoms with Gasteiger partial charge in [0.25, 0.3) is 0 Å². The molecule has 0 radical (unpaired) electrons. The van der Waals surface area contributed by atoms with E-state index in [1.54, 1.807) is 6.07 Å². The first-order valence-electron chi connectivity index (χ1n) is 6.91. The minimum atomic E-state index is -0.101. The molecule has 4 heteroatoms. The lowest BCUT2D eigenvalue weighted by Crippen LogP contribution is -2.22. The third-order valence-electron chi connectivity index (χ3n) is 3.47. The minimum Gasteiger partial charge on any atom is -0.399 e. The Bertz CT molecular complexity index is 813. The zero-order valence-electron chi connectivity index (χ0n) is 12.4. The van der Waals surface area contributed by atoms with Crippen LogP contribution in [0.4, 0.5) is 5.69 Å². The van der Waals surface area contributed by atoms with E-state index in [0.29, 0.717) is 10.7 Å². The second-order valence-electron chi connectivity index (χ2n) is 6.17. The van der Waals surface area contributed by atoms with Crippen molar-refractivity contribution in [2.75, 3.05) is 5.73 Å². The predicted octanol–water partition coefficient (Wildman–Crippen LogP) is 4.69. The molecular weight excluding hydrogens is 282 g/mol. The van der Waals surface area contributed by atoms with Crippen molar-refractivity contribution < 1.29 is 0 Å². The fourth-order valence-electron chi connectivity index (χ4n) is 2.60. The van der Waals surface area contributed by atoms with Crippen LogP contribution in [0.3, 0.4) is 0 Å². The standard InChI is InChI=1S/C17H18ClN3/c1-17(2,3)21-15-7-5-4-6-14(15)20-16(21)12-9-8-11(19)10-13(12)18/h4-10H,19H2,1-3H3. The quantitative estimate of drug-likeness (QED) is 0.662. The number of imidazole rings is 1. The first-order valence-corrected chi connectivity index (χ1v) is 7.29. The highest BCUT2D eigenvalue weighted by Gasteiger charge is 2.23. The van der Waals surface area contributed by atoms with Crippen molar-refractivity contribution in [3.63, 3.8) is 0 Å². The van der Waals surface area contributed by atoms with Crippen LogP contribution in [0.15, 0.2) is 42.5 Å². The number of rotatable bonds is 1. The monoisotopic (exact) mass is 299 g/mol. The summed E-state index contributed by atoms with van der Waals surface area (Å²) in [5.41, 5.74) is 9.32. The van der Waals surface area contributed by atoms with E-state index in [1.165, 1.54) is 0 Å². The highest BCUT2D eigenvalue weighted by Crippen LogP contribution is 2.35. The van der Waals surface area contributed by atoms with Crippen molar-refractivity contribution in [1.82, 2.24) is 9.55 Å². The Hall–Kier alpha value is -2.00. The van der Waals surface area contributed by atoms with Gasteiger partial charge in [0.15, 0.2) is 0 Å². The topological polar surface area (TPSA) is 43.8 Å². The summed E-state index contributed by atoms with van der Waals surface area (Å²) in [5, 5.41) is 0.621. The SMILES string of the molecule is CC(C)(C)n1c(-c2ccc(N)cc2Cl)nc2ccccc21. The molecule has 0 saturated heterocycles. The molecule has 0 aliphatic rings. The molecule has 108 valence electrons. The number of halogens is 1. The van der Waals surface area contributed by atoms with Gasteiger partial charge in [-0.2, -0.15) is 0 Å². The van der Waals surface area contributed by atoms with Crippen molar-refractivity contribution in [3.05, 3.63) is 47.5 Å². The molecule has 0 fully saturated rings. The molecular formula is C17H18ClN3. The highest BCUT2D eigenvalue weighted by molar-refractivity contribution is 6.33. The van der Waals surface area contributed by atoms with Crippen molar-refractivity contribution in [3.8, 4) is 11.4 Å². The van der Waals surface area contributed by atoms with E-state index < -0.39 is 0 Å². The van der Waals surface area contributed by atoms with Gasteiger partial charge in [0.05, 0.1) is 16.1 Å². The fraction of sp³-hybridized carbons (Fsp3) is 0.235. The van der Waals surface area contributed by atoms with E-state index in [4.69, 9.17) is 22.3 Å². The van der Waals surface area contributed by atoms with Crippen molar-refractivity contribution in [2.45, 2.75) is 26.3 Å². The molecule has 0 amide bonds. The lowest BCUT2D eigenvalue weighted by atomic mass is 10.1. The Morgan fingerprint density at radius 2 is 1.81 bits per heavy atom. The second-order valence-corrected chi connectivity index (χ2v) is 6.58. The molecule has 0 bridgehead atoms. The van der Waals surface area contributed by atoms with Crippen LogP contribution in [0.1, 0.15) is 20.8 Å². The van der Waals surface area contributed by atoms with Gasteiger partial charge < -0.3 is 10.3 Å². The predicted molar refractivity (Wildman–Crippen MR) is 89.6 cm³/mol. The molecule has 0 saturated carbocycles. The summed E-state index contributed by atoms with van der Waals surface area (Å²) in [6, 6.07) is 13.7. The molecule has 3 nitrogen and oxygen atoms in total. The molecule has 0 aliphatic carbocycles. The lowest BCUT2D eigenvalue weighted by molar-refractivity contribution is 0.413. The maximum Gasteiger partial charge on any atom is 0.143 e. The van der Waals surface area contributed by atoms with E-state index in [2.05, 4.69) is 31.4 Å². The first kappa shape index (κ1) is 14.0. The number of benzene rings is 2. The molecule has 1 heterocycles. The second kappa shape index (κ2) is 4.78. The number of anilines is 1. The molecule has 0 spiro atoms. The zero-order valence-corrected chi connectivity index (χ0v) is 13.1. The summed E-state index contributed by atoms with van der Waals surface area (Å²) in [5.74, 6) is 0.869. The summed E-state index contributed by atoms with van der Waals surface area (Å²) in [6.07, 6.45) is 0. The third kappa shape index (κ3) is 2.38. The lowest BCUT2D eigenvalue weighted by Gasteiger charge is -2.25. The number of fused-ring (bicyclic) bond motifs is 1. The zero-order chi connectivity index (χ0) is 15.2. The number of para-hydroxylation sites is 2. The number of nitrogens with zero attached hydrogens (tertiary/aromatic N) is 2. The molecule has 3 rings (SSSR count). The summed E-state index contributed by atoms with van der Waals surface area (Å²) >= 11 is 6.38. The molecule has 2 N–H and O–H groups in total. The third-order valence-corrected chi connectivity index (χ3v) is 3.78. The van der Waals surface area contributed by atoms with Crippen molar-refractivity contribution in [1.29, 1.82) is 0 Å². The maximum atomic E-state index is 6.38. The van der Waals surface area contributed by atoms with Gasteiger partial charge in [-0.05, 0) is 51.1 Å². The molecule has 21 heavy (non-hydrogen) atoms. The Morgan fingerprint density at radius 3 is 2.48 bits per heavy atom. The summed E-state index contributed by atoms with van der Waals surface area (Å²) in [6.45, 7) is 6.49. The van der Waals surface area contributed by atoms with Crippen LogP contribution in [0.5, 0.6) is 0 Å².